The molecule has 4 aromatic rings. The summed E-state index contributed by atoms with van der Waals surface area (Å²) in [6.45, 7) is 0. The van der Waals surface area contributed by atoms with Crippen LogP contribution in [0.2, 0.25) is 0 Å². The average molecular weight is 305 g/mol. The van der Waals surface area contributed by atoms with Gasteiger partial charge in [-0.25, -0.2) is 14.6 Å². The fourth-order valence-corrected chi connectivity index (χ4v) is 2.19. The maximum Gasteiger partial charge on any atom is 0.291 e. The molecule has 0 radical (unpaired) electrons. The summed E-state index contributed by atoms with van der Waals surface area (Å²) in [6, 6.07) is 10.9. The Kier molecular flexibility index (Phi) is 3.09. The van der Waals surface area contributed by atoms with E-state index in [1.807, 2.05) is 24.3 Å². The van der Waals surface area contributed by atoms with E-state index in [0.29, 0.717) is 17.2 Å². The molecule has 0 bridgehead atoms. The summed E-state index contributed by atoms with van der Waals surface area (Å²) in [5, 5.41) is 7.74. The summed E-state index contributed by atoms with van der Waals surface area (Å²) in [7, 11) is 0. The molecule has 0 saturated heterocycles. The quantitative estimate of drug-likeness (QED) is 0.629. The van der Waals surface area contributed by atoms with E-state index in [-0.39, 0.29) is 11.7 Å². The zero-order valence-electron chi connectivity index (χ0n) is 11.9. The lowest BCUT2D eigenvalue weighted by molar-refractivity contribution is 0.0998. The highest BCUT2D eigenvalue weighted by molar-refractivity contribution is 6.04. The van der Waals surface area contributed by atoms with Gasteiger partial charge in [0.05, 0.1) is 18.1 Å². The minimum Gasteiger partial charge on any atom is -0.451 e. The van der Waals surface area contributed by atoms with Crippen LogP contribution in [0, 0.1) is 0 Å². The number of amides is 1. The maximum atomic E-state index is 12.3. The van der Waals surface area contributed by atoms with Gasteiger partial charge in [0, 0.05) is 17.8 Å². The summed E-state index contributed by atoms with van der Waals surface area (Å²) < 4.78 is 7.01. The Bertz CT molecular complexity index is 941. The van der Waals surface area contributed by atoms with Gasteiger partial charge in [0.25, 0.3) is 5.91 Å². The van der Waals surface area contributed by atoms with Crippen LogP contribution in [-0.4, -0.2) is 25.7 Å². The number of para-hydroxylation sites is 1. The number of aromatic nitrogens is 4. The summed E-state index contributed by atoms with van der Waals surface area (Å²) in [5.41, 5.74) is 1.20. The first kappa shape index (κ1) is 13.2. The van der Waals surface area contributed by atoms with E-state index in [4.69, 9.17) is 4.42 Å². The van der Waals surface area contributed by atoms with Gasteiger partial charge in [-0.1, -0.05) is 18.2 Å². The van der Waals surface area contributed by atoms with Crippen LogP contribution in [0.15, 0.2) is 65.6 Å². The second-order valence-corrected chi connectivity index (χ2v) is 4.82. The molecule has 0 spiro atoms. The monoisotopic (exact) mass is 305 g/mol. The molecule has 1 aromatic carbocycles. The van der Waals surface area contributed by atoms with Crippen LogP contribution in [0.3, 0.4) is 0 Å². The number of nitrogens with one attached hydrogen (secondary N) is 1. The Labute approximate surface area is 130 Å². The van der Waals surface area contributed by atoms with E-state index in [0.717, 1.165) is 5.39 Å². The second kappa shape index (κ2) is 5.38. The summed E-state index contributed by atoms with van der Waals surface area (Å²) in [4.78, 5) is 20.4. The lowest BCUT2D eigenvalue weighted by Gasteiger charge is -1.98. The third kappa shape index (κ3) is 2.55. The Balaban J connectivity index is 1.56. The number of carbonyl (C=O) groups is 1. The molecule has 0 unspecified atom stereocenters. The van der Waals surface area contributed by atoms with Crippen molar-refractivity contribution in [2.24, 2.45) is 0 Å². The lowest BCUT2D eigenvalue weighted by Crippen LogP contribution is -2.10. The molecule has 7 heteroatoms. The molecule has 1 N–H and O–H groups in total. The van der Waals surface area contributed by atoms with Gasteiger partial charge < -0.3 is 9.73 Å². The largest absolute Gasteiger partial charge is 0.451 e. The Morgan fingerprint density at radius 3 is 2.78 bits per heavy atom. The molecule has 7 nitrogen and oxygen atoms in total. The van der Waals surface area contributed by atoms with Crippen molar-refractivity contribution < 1.29 is 9.21 Å². The molecule has 3 aromatic heterocycles. The number of furan rings is 1. The van der Waals surface area contributed by atoms with Crippen molar-refractivity contribution >= 4 is 22.6 Å². The van der Waals surface area contributed by atoms with Crippen LogP contribution in [0.5, 0.6) is 0 Å². The molecule has 0 atom stereocenters. The predicted molar refractivity (Wildman–Crippen MR) is 83.3 cm³/mol. The van der Waals surface area contributed by atoms with E-state index < -0.39 is 0 Å². The van der Waals surface area contributed by atoms with E-state index >= 15 is 0 Å². The highest BCUT2D eigenvalue weighted by Gasteiger charge is 2.13. The van der Waals surface area contributed by atoms with Crippen LogP contribution in [0.1, 0.15) is 10.6 Å². The third-order valence-electron chi connectivity index (χ3n) is 3.25. The maximum absolute atomic E-state index is 12.3. The first-order valence-electron chi connectivity index (χ1n) is 6.91. The highest BCUT2D eigenvalue weighted by Crippen LogP contribution is 2.20. The van der Waals surface area contributed by atoms with Gasteiger partial charge in [-0.05, 0) is 18.2 Å². The van der Waals surface area contributed by atoms with E-state index in [1.54, 1.807) is 30.7 Å². The number of fused-ring (bicyclic) bond motifs is 1. The normalized spacial score (nSPS) is 10.8. The smallest absolute Gasteiger partial charge is 0.291 e. The number of nitrogens with zero attached hydrogens (tertiary/aromatic N) is 4. The van der Waals surface area contributed by atoms with E-state index in [1.165, 1.54) is 10.9 Å². The number of hydrogen-bond donors (Lipinski definition) is 1. The predicted octanol–water partition coefficient (Wildman–Crippen LogP) is 2.66. The summed E-state index contributed by atoms with van der Waals surface area (Å²) >= 11 is 0. The Morgan fingerprint density at radius 1 is 1.13 bits per heavy atom. The Hall–Kier alpha value is -3.48. The van der Waals surface area contributed by atoms with E-state index in [9.17, 15) is 4.79 Å². The highest BCUT2D eigenvalue weighted by atomic mass is 16.3. The SMILES string of the molecule is O=C(Nc1cnn(-c2ncccn2)c1)c1cc2ccccc2o1. The van der Waals surface area contributed by atoms with Crippen LogP contribution in [0.25, 0.3) is 16.9 Å². The topological polar surface area (TPSA) is 85.8 Å². The van der Waals surface area contributed by atoms with E-state index in [2.05, 4.69) is 20.4 Å². The van der Waals surface area contributed by atoms with Gasteiger partial charge >= 0.3 is 0 Å². The molecule has 0 aliphatic rings. The molecule has 0 aliphatic heterocycles. The molecular formula is C16H11N5O2. The van der Waals surface area contributed by atoms with Crippen molar-refractivity contribution in [3.05, 3.63) is 66.9 Å². The number of rotatable bonds is 3. The zero-order chi connectivity index (χ0) is 15.6. The van der Waals surface area contributed by atoms with Gasteiger partial charge in [-0.15, -0.1) is 0 Å². The van der Waals surface area contributed by atoms with Crippen LogP contribution in [0.4, 0.5) is 5.69 Å². The average Bonchev–Trinajstić information content (AvgIpc) is 3.22. The number of benzene rings is 1. The van der Waals surface area contributed by atoms with Gasteiger partial charge in [0.2, 0.25) is 5.95 Å². The van der Waals surface area contributed by atoms with Crippen LogP contribution >= 0.6 is 0 Å². The fourth-order valence-electron chi connectivity index (χ4n) is 2.19. The van der Waals surface area contributed by atoms with Gasteiger partial charge in [-0.3, -0.25) is 4.79 Å². The fraction of sp³-hybridized carbons (Fsp3) is 0. The van der Waals surface area contributed by atoms with Crippen molar-refractivity contribution in [2.75, 3.05) is 5.32 Å². The summed E-state index contributed by atoms with van der Waals surface area (Å²) in [5.74, 6) is 0.335. The van der Waals surface area contributed by atoms with Crippen LogP contribution < -0.4 is 5.32 Å². The minimum absolute atomic E-state index is 0.245. The minimum atomic E-state index is -0.338. The molecule has 0 aliphatic carbocycles. The van der Waals surface area contributed by atoms with Crippen molar-refractivity contribution in [1.82, 2.24) is 19.7 Å². The zero-order valence-corrected chi connectivity index (χ0v) is 11.9. The third-order valence-corrected chi connectivity index (χ3v) is 3.25. The molecule has 3 heterocycles. The molecule has 112 valence electrons. The molecule has 1 amide bonds. The van der Waals surface area contributed by atoms with Crippen molar-refractivity contribution in [1.29, 1.82) is 0 Å². The first-order chi connectivity index (χ1) is 11.3. The Morgan fingerprint density at radius 2 is 1.96 bits per heavy atom. The van der Waals surface area contributed by atoms with Crippen molar-refractivity contribution in [3.63, 3.8) is 0 Å². The first-order valence-corrected chi connectivity index (χ1v) is 6.91. The lowest BCUT2D eigenvalue weighted by atomic mass is 10.2. The molecule has 0 fully saturated rings. The summed E-state index contributed by atoms with van der Waals surface area (Å²) in [6.07, 6.45) is 6.40. The molecule has 23 heavy (non-hydrogen) atoms. The van der Waals surface area contributed by atoms with Crippen molar-refractivity contribution in [2.45, 2.75) is 0 Å². The van der Waals surface area contributed by atoms with Crippen LogP contribution in [-0.2, 0) is 0 Å². The van der Waals surface area contributed by atoms with Gasteiger partial charge in [0.1, 0.15) is 5.58 Å². The molecular weight excluding hydrogens is 294 g/mol. The van der Waals surface area contributed by atoms with Gasteiger partial charge in [-0.2, -0.15) is 5.10 Å². The molecule has 4 rings (SSSR count). The number of hydrogen-bond acceptors (Lipinski definition) is 5. The molecule has 0 saturated carbocycles. The second-order valence-electron chi connectivity index (χ2n) is 4.82. The van der Waals surface area contributed by atoms with Gasteiger partial charge in [0.15, 0.2) is 5.76 Å². The van der Waals surface area contributed by atoms with Crippen molar-refractivity contribution in [3.8, 4) is 5.95 Å². The number of carbonyl (C=O) groups excluding carboxylic acids is 1. The standard InChI is InChI=1S/C16H11N5O2/c22-15(14-8-11-4-1-2-5-13(11)23-14)20-12-9-19-21(10-12)16-17-6-3-7-18-16/h1-10H,(H,20,22). The number of anilines is 1.